The molecular weight excluding hydrogens is 298 g/mol. The molecule has 2 fully saturated rings. The Balaban J connectivity index is 1.89. The molecule has 3 rings (SSSR count). The van der Waals surface area contributed by atoms with Crippen molar-refractivity contribution < 1.29 is 14.3 Å². The van der Waals surface area contributed by atoms with Crippen molar-refractivity contribution >= 4 is 35.4 Å². The predicted molar refractivity (Wildman–Crippen MR) is 74.7 cm³/mol. The molecule has 0 bridgehead atoms. The molecule has 8 nitrogen and oxygen atoms in total. The highest BCUT2D eigenvalue weighted by atomic mass is 35.5. The van der Waals surface area contributed by atoms with Gasteiger partial charge in [-0.3, -0.25) is 10.1 Å². The summed E-state index contributed by atoms with van der Waals surface area (Å²) < 4.78 is 5.28. The fourth-order valence-electron chi connectivity index (χ4n) is 2.08. The normalized spacial score (nSPS) is 20.6. The maximum absolute atomic E-state index is 11.5. The number of amides is 3. The quantitative estimate of drug-likeness (QED) is 0.458. The molecule has 3 amide bonds. The molecule has 0 aromatic carbocycles. The lowest BCUT2D eigenvalue weighted by molar-refractivity contribution is -0.115. The van der Waals surface area contributed by atoms with Gasteiger partial charge in [0.05, 0.1) is 18.9 Å². The number of ether oxygens (including phenoxy) is 1. The number of morpholine rings is 1. The Kier molecular flexibility index (Phi) is 3.72. The molecule has 2 N–H and O–H groups in total. The standard InChI is InChI=1S/C12H12ClN5O3/c13-11-14-7(5-8-10(19)17-12(20)15-8)6-9(16-11)18-1-3-21-4-2-18/h5-6H,1-4H2,(H2,15,17,19,20). The van der Waals surface area contributed by atoms with Crippen LogP contribution >= 0.6 is 11.6 Å². The molecule has 0 aliphatic carbocycles. The first-order chi connectivity index (χ1) is 10.1. The molecular formula is C12H12ClN5O3. The van der Waals surface area contributed by atoms with Crippen LogP contribution in [0, 0.1) is 0 Å². The first-order valence-electron chi connectivity index (χ1n) is 6.33. The zero-order chi connectivity index (χ0) is 14.8. The van der Waals surface area contributed by atoms with Gasteiger partial charge in [0.15, 0.2) is 0 Å². The molecule has 110 valence electrons. The van der Waals surface area contributed by atoms with Gasteiger partial charge in [-0.1, -0.05) is 0 Å². The van der Waals surface area contributed by atoms with Crippen molar-refractivity contribution in [3.05, 3.63) is 22.7 Å². The second-order valence-electron chi connectivity index (χ2n) is 4.49. The Labute approximate surface area is 125 Å². The summed E-state index contributed by atoms with van der Waals surface area (Å²) in [5, 5.41) is 4.59. The fourth-order valence-corrected chi connectivity index (χ4v) is 2.27. The van der Waals surface area contributed by atoms with Crippen molar-refractivity contribution in [3.8, 4) is 0 Å². The Bertz CT molecular complexity index is 627. The predicted octanol–water partition coefficient (Wildman–Crippen LogP) is 0.147. The number of rotatable bonds is 2. The van der Waals surface area contributed by atoms with Crippen LogP contribution in [0.5, 0.6) is 0 Å². The van der Waals surface area contributed by atoms with E-state index in [9.17, 15) is 9.59 Å². The Morgan fingerprint density at radius 2 is 2.00 bits per heavy atom. The van der Waals surface area contributed by atoms with E-state index in [1.54, 1.807) is 6.07 Å². The number of hydrogen-bond acceptors (Lipinski definition) is 6. The lowest BCUT2D eigenvalue weighted by atomic mass is 10.3. The minimum Gasteiger partial charge on any atom is -0.378 e. The zero-order valence-corrected chi connectivity index (χ0v) is 11.7. The monoisotopic (exact) mass is 309 g/mol. The highest BCUT2D eigenvalue weighted by Crippen LogP contribution is 2.18. The zero-order valence-electron chi connectivity index (χ0n) is 10.9. The summed E-state index contributed by atoms with van der Waals surface area (Å²) >= 11 is 5.92. The maximum atomic E-state index is 11.5. The smallest absolute Gasteiger partial charge is 0.326 e. The number of hydrogen-bond donors (Lipinski definition) is 2. The number of nitrogens with one attached hydrogen (secondary N) is 2. The van der Waals surface area contributed by atoms with Crippen LogP contribution in [0.4, 0.5) is 10.6 Å². The second kappa shape index (κ2) is 5.66. The highest BCUT2D eigenvalue weighted by molar-refractivity contribution is 6.28. The van der Waals surface area contributed by atoms with Gasteiger partial charge in [-0.05, 0) is 17.7 Å². The van der Waals surface area contributed by atoms with E-state index in [-0.39, 0.29) is 11.0 Å². The SMILES string of the molecule is O=C1NC(=O)C(=Cc2cc(N3CCOCC3)nc(Cl)n2)N1. The number of carbonyl (C=O) groups is 2. The molecule has 3 heterocycles. The van der Waals surface area contributed by atoms with Gasteiger partial charge < -0.3 is 15.0 Å². The molecule has 0 radical (unpaired) electrons. The van der Waals surface area contributed by atoms with E-state index >= 15 is 0 Å². The highest BCUT2D eigenvalue weighted by Gasteiger charge is 2.23. The van der Waals surface area contributed by atoms with E-state index in [0.29, 0.717) is 37.8 Å². The van der Waals surface area contributed by atoms with E-state index in [1.165, 1.54) is 6.08 Å². The number of aromatic nitrogens is 2. The van der Waals surface area contributed by atoms with Crippen LogP contribution < -0.4 is 15.5 Å². The molecule has 0 spiro atoms. The summed E-state index contributed by atoms with van der Waals surface area (Å²) in [7, 11) is 0. The molecule has 1 aromatic heterocycles. The van der Waals surface area contributed by atoms with Gasteiger partial charge in [-0.15, -0.1) is 0 Å². The molecule has 2 aliphatic heterocycles. The van der Waals surface area contributed by atoms with E-state index in [4.69, 9.17) is 16.3 Å². The largest absolute Gasteiger partial charge is 0.378 e. The number of nitrogens with zero attached hydrogens (tertiary/aromatic N) is 3. The molecule has 2 aliphatic rings. The van der Waals surface area contributed by atoms with Crippen LogP contribution in [0.25, 0.3) is 6.08 Å². The van der Waals surface area contributed by atoms with Gasteiger partial charge in [-0.25, -0.2) is 14.8 Å². The Morgan fingerprint density at radius 3 is 2.67 bits per heavy atom. The lowest BCUT2D eigenvalue weighted by Crippen LogP contribution is -2.36. The molecule has 1 aromatic rings. The van der Waals surface area contributed by atoms with Crippen LogP contribution in [0.2, 0.25) is 5.28 Å². The molecule has 0 unspecified atom stereocenters. The van der Waals surface area contributed by atoms with Gasteiger partial charge in [-0.2, -0.15) is 0 Å². The minimum absolute atomic E-state index is 0.0792. The molecule has 2 saturated heterocycles. The van der Waals surface area contributed by atoms with E-state index in [0.717, 1.165) is 0 Å². The molecule has 0 saturated carbocycles. The summed E-state index contributed by atoms with van der Waals surface area (Å²) in [5.74, 6) is 0.164. The van der Waals surface area contributed by atoms with Crippen LogP contribution in [0.1, 0.15) is 5.69 Å². The van der Waals surface area contributed by atoms with Gasteiger partial charge in [0.1, 0.15) is 11.5 Å². The van der Waals surface area contributed by atoms with E-state index < -0.39 is 11.9 Å². The van der Waals surface area contributed by atoms with Crippen LogP contribution in [-0.4, -0.2) is 48.2 Å². The number of urea groups is 1. The topological polar surface area (TPSA) is 96.5 Å². The Morgan fingerprint density at radius 1 is 1.24 bits per heavy atom. The van der Waals surface area contributed by atoms with Crippen molar-refractivity contribution in [1.82, 2.24) is 20.6 Å². The first-order valence-corrected chi connectivity index (χ1v) is 6.71. The summed E-state index contributed by atoms with van der Waals surface area (Å²) in [4.78, 5) is 32.8. The number of imide groups is 1. The Hall–Kier alpha value is -2.19. The third kappa shape index (κ3) is 3.11. The van der Waals surface area contributed by atoms with E-state index in [2.05, 4.69) is 20.6 Å². The lowest BCUT2D eigenvalue weighted by Gasteiger charge is -2.27. The molecule has 9 heteroatoms. The van der Waals surface area contributed by atoms with Crippen LogP contribution in [0.15, 0.2) is 11.8 Å². The molecule has 21 heavy (non-hydrogen) atoms. The summed E-state index contributed by atoms with van der Waals surface area (Å²) in [6.07, 6.45) is 1.46. The van der Waals surface area contributed by atoms with Gasteiger partial charge in [0, 0.05) is 19.2 Å². The third-order valence-corrected chi connectivity index (χ3v) is 3.22. The summed E-state index contributed by atoms with van der Waals surface area (Å²) in [5.41, 5.74) is 0.575. The average molecular weight is 310 g/mol. The summed E-state index contributed by atoms with van der Waals surface area (Å²) in [6.45, 7) is 2.66. The maximum Gasteiger partial charge on any atom is 0.326 e. The van der Waals surface area contributed by atoms with Gasteiger partial charge in [0.2, 0.25) is 5.28 Å². The summed E-state index contributed by atoms with van der Waals surface area (Å²) in [6, 6.07) is 1.15. The van der Waals surface area contributed by atoms with Crippen LogP contribution in [0.3, 0.4) is 0 Å². The van der Waals surface area contributed by atoms with Gasteiger partial charge in [0.25, 0.3) is 5.91 Å². The van der Waals surface area contributed by atoms with Crippen molar-refractivity contribution in [1.29, 1.82) is 0 Å². The first kappa shape index (κ1) is 13.8. The molecule has 0 atom stereocenters. The third-order valence-electron chi connectivity index (χ3n) is 3.05. The van der Waals surface area contributed by atoms with Crippen LogP contribution in [-0.2, 0) is 9.53 Å². The fraction of sp³-hybridized carbons (Fsp3) is 0.333. The number of anilines is 1. The number of carbonyl (C=O) groups excluding carboxylic acids is 2. The second-order valence-corrected chi connectivity index (χ2v) is 4.82. The number of halogens is 1. The minimum atomic E-state index is -0.556. The van der Waals surface area contributed by atoms with Gasteiger partial charge >= 0.3 is 6.03 Å². The van der Waals surface area contributed by atoms with Crippen molar-refractivity contribution in [2.45, 2.75) is 0 Å². The van der Waals surface area contributed by atoms with Crippen molar-refractivity contribution in [2.24, 2.45) is 0 Å². The van der Waals surface area contributed by atoms with Crippen molar-refractivity contribution in [3.63, 3.8) is 0 Å². The van der Waals surface area contributed by atoms with E-state index in [1.807, 2.05) is 4.90 Å². The van der Waals surface area contributed by atoms with Crippen molar-refractivity contribution in [2.75, 3.05) is 31.2 Å². The average Bonchev–Trinajstić information content (AvgIpc) is 2.77.